The van der Waals surface area contributed by atoms with E-state index in [1.165, 1.54) is 5.56 Å². The normalized spacial score (nSPS) is 22.7. The van der Waals surface area contributed by atoms with Gasteiger partial charge in [-0.25, -0.2) is 0 Å². The van der Waals surface area contributed by atoms with Gasteiger partial charge in [0, 0.05) is 25.1 Å². The molecule has 1 aromatic carbocycles. The molecule has 1 N–H and O–H groups in total. The van der Waals surface area contributed by atoms with Gasteiger partial charge in [-0.3, -0.25) is 0 Å². The Morgan fingerprint density at radius 1 is 1.20 bits per heavy atom. The highest BCUT2D eigenvalue weighted by Crippen LogP contribution is 2.34. The Morgan fingerprint density at radius 2 is 1.90 bits per heavy atom. The molecule has 3 heteroatoms. The van der Waals surface area contributed by atoms with Gasteiger partial charge in [-0.1, -0.05) is 26.0 Å². The molecule has 20 heavy (non-hydrogen) atoms. The van der Waals surface area contributed by atoms with Gasteiger partial charge in [0.15, 0.2) is 0 Å². The molecule has 0 spiro atoms. The molecular weight excluding hydrogens is 250 g/mol. The molecule has 0 amide bonds. The Hall–Kier alpha value is -1.06. The Bertz CT molecular complexity index is 400. The molecule has 0 aromatic heterocycles. The monoisotopic (exact) mass is 277 g/mol. The summed E-state index contributed by atoms with van der Waals surface area (Å²) in [6, 6.07) is 8.89. The maximum Gasteiger partial charge on any atom is 0.119 e. The molecule has 0 bridgehead atoms. The van der Waals surface area contributed by atoms with Crippen LogP contribution in [0.4, 0.5) is 0 Å². The Balaban J connectivity index is 1.98. The van der Waals surface area contributed by atoms with Gasteiger partial charge >= 0.3 is 0 Å². The van der Waals surface area contributed by atoms with Crippen molar-refractivity contribution in [2.75, 3.05) is 13.2 Å². The van der Waals surface area contributed by atoms with Gasteiger partial charge in [0.2, 0.25) is 0 Å². The zero-order chi connectivity index (χ0) is 14.5. The van der Waals surface area contributed by atoms with Gasteiger partial charge in [0.25, 0.3) is 0 Å². The second-order valence-electron chi connectivity index (χ2n) is 6.14. The molecule has 1 aliphatic rings. The average Bonchev–Trinajstić information content (AvgIpc) is 2.85. The number of rotatable bonds is 6. The topological polar surface area (TPSA) is 30.5 Å². The first kappa shape index (κ1) is 15.3. The van der Waals surface area contributed by atoms with E-state index in [4.69, 9.17) is 9.47 Å². The highest BCUT2D eigenvalue weighted by molar-refractivity contribution is 5.29. The third kappa shape index (κ3) is 4.22. The standard InChI is InChI=1S/C17H27NO2/c1-12(2)18-11-15-9-10-19-17(15)14-5-7-16(8-6-14)20-13(3)4/h5-8,12-13,15,17-18H,9-11H2,1-4H3. The summed E-state index contributed by atoms with van der Waals surface area (Å²) in [4.78, 5) is 0. The maximum absolute atomic E-state index is 5.92. The molecule has 0 radical (unpaired) electrons. The summed E-state index contributed by atoms with van der Waals surface area (Å²) in [7, 11) is 0. The van der Waals surface area contributed by atoms with Crippen LogP contribution in [0.15, 0.2) is 24.3 Å². The molecule has 2 rings (SSSR count). The van der Waals surface area contributed by atoms with E-state index < -0.39 is 0 Å². The summed E-state index contributed by atoms with van der Waals surface area (Å²) in [6.07, 6.45) is 1.56. The summed E-state index contributed by atoms with van der Waals surface area (Å²) in [5.41, 5.74) is 1.26. The first-order valence-corrected chi connectivity index (χ1v) is 7.68. The van der Waals surface area contributed by atoms with Crippen molar-refractivity contribution in [3.63, 3.8) is 0 Å². The van der Waals surface area contributed by atoms with Gasteiger partial charge in [0.05, 0.1) is 12.2 Å². The number of benzene rings is 1. The average molecular weight is 277 g/mol. The predicted octanol–water partition coefficient (Wildman–Crippen LogP) is 3.55. The van der Waals surface area contributed by atoms with E-state index in [1.54, 1.807) is 0 Å². The minimum Gasteiger partial charge on any atom is -0.491 e. The second-order valence-corrected chi connectivity index (χ2v) is 6.14. The first-order valence-electron chi connectivity index (χ1n) is 7.68. The van der Waals surface area contributed by atoms with Gasteiger partial charge in [-0.05, 0) is 38.0 Å². The Morgan fingerprint density at radius 3 is 2.50 bits per heavy atom. The first-order chi connectivity index (χ1) is 9.56. The van der Waals surface area contributed by atoms with Crippen molar-refractivity contribution in [2.45, 2.75) is 52.4 Å². The van der Waals surface area contributed by atoms with E-state index in [1.807, 2.05) is 26.0 Å². The van der Waals surface area contributed by atoms with E-state index in [-0.39, 0.29) is 12.2 Å². The maximum atomic E-state index is 5.92. The van der Waals surface area contributed by atoms with Crippen molar-refractivity contribution in [2.24, 2.45) is 5.92 Å². The fourth-order valence-electron chi connectivity index (χ4n) is 2.61. The van der Waals surface area contributed by atoms with Crippen LogP contribution in [-0.4, -0.2) is 25.3 Å². The smallest absolute Gasteiger partial charge is 0.119 e. The van der Waals surface area contributed by atoms with Crippen LogP contribution in [0.2, 0.25) is 0 Å². The second kappa shape index (κ2) is 7.09. The van der Waals surface area contributed by atoms with Crippen molar-refractivity contribution < 1.29 is 9.47 Å². The Labute approximate surface area is 122 Å². The molecule has 2 unspecified atom stereocenters. The van der Waals surface area contributed by atoms with Crippen LogP contribution in [0.25, 0.3) is 0 Å². The lowest BCUT2D eigenvalue weighted by Gasteiger charge is -2.21. The summed E-state index contributed by atoms with van der Waals surface area (Å²) >= 11 is 0. The number of hydrogen-bond acceptors (Lipinski definition) is 3. The molecule has 3 nitrogen and oxygen atoms in total. The van der Waals surface area contributed by atoms with E-state index in [0.717, 1.165) is 25.3 Å². The number of ether oxygens (including phenoxy) is 2. The Kier molecular flexibility index (Phi) is 5.44. The highest BCUT2D eigenvalue weighted by atomic mass is 16.5. The molecule has 0 saturated carbocycles. The molecule has 0 aliphatic carbocycles. The van der Waals surface area contributed by atoms with Crippen LogP contribution >= 0.6 is 0 Å². The van der Waals surface area contributed by atoms with Crippen molar-refractivity contribution in [3.8, 4) is 5.75 Å². The van der Waals surface area contributed by atoms with Crippen LogP contribution in [0.5, 0.6) is 5.75 Å². The molecule has 1 aliphatic heterocycles. The van der Waals surface area contributed by atoms with E-state index >= 15 is 0 Å². The van der Waals surface area contributed by atoms with Gasteiger partial charge in [-0.15, -0.1) is 0 Å². The summed E-state index contributed by atoms with van der Waals surface area (Å²) in [5, 5.41) is 3.52. The van der Waals surface area contributed by atoms with E-state index in [2.05, 4.69) is 31.3 Å². The van der Waals surface area contributed by atoms with Crippen LogP contribution in [-0.2, 0) is 4.74 Å². The number of nitrogens with one attached hydrogen (secondary N) is 1. The summed E-state index contributed by atoms with van der Waals surface area (Å²) < 4.78 is 11.6. The molecule has 1 saturated heterocycles. The lowest BCUT2D eigenvalue weighted by molar-refractivity contribution is 0.0900. The summed E-state index contributed by atoms with van der Waals surface area (Å²) in [5.74, 6) is 1.49. The molecule has 1 fully saturated rings. The van der Waals surface area contributed by atoms with Crippen molar-refractivity contribution in [1.29, 1.82) is 0 Å². The van der Waals surface area contributed by atoms with Crippen LogP contribution in [0.1, 0.15) is 45.8 Å². The SMILES string of the molecule is CC(C)NCC1CCOC1c1ccc(OC(C)C)cc1. The third-order valence-electron chi connectivity index (χ3n) is 3.58. The highest BCUT2D eigenvalue weighted by Gasteiger charge is 2.29. The van der Waals surface area contributed by atoms with E-state index in [0.29, 0.717) is 12.0 Å². The molecular formula is C17H27NO2. The van der Waals surface area contributed by atoms with Crippen molar-refractivity contribution >= 4 is 0 Å². The van der Waals surface area contributed by atoms with Crippen LogP contribution < -0.4 is 10.1 Å². The minimum absolute atomic E-state index is 0.214. The lowest BCUT2D eigenvalue weighted by Crippen LogP contribution is -2.30. The number of hydrogen-bond donors (Lipinski definition) is 1. The van der Waals surface area contributed by atoms with Gasteiger partial charge in [-0.2, -0.15) is 0 Å². The predicted molar refractivity (Wildman–Crippen MR) is 82.1 cm³/mol. The fraction of sp³-hybridized carbons (Fsp3) is 0.647. The van der Waals surface area contributed by atoms with Gasteiger partial charge < -0.3 is 14.8 Å². The molecule has 1 aromatic rings. The quantitative estimate of drug-likeness (QED) is 0.862. The lowest BCUT2D eigenvalue weighted by atomic mass is 9.95. The minimum atomic E-state index is 0.214. The van der Waals surface area contributed by atoms with E-state index in [9.17, 15) is 0 Å². The summed E-state index contributed by atoms with van der Waals surface area (Å²) in [6.45, 7) is 10.3. The van der Waals surface area contributed by atoms with Crippen LogP contribution in [0.3, 0.4) is 0 Å². The van der Waals surface area contributed by atoms with Gasteiger partial charge in [0.1, 0.15) is 5.75 Å². The van der Waals surface area contributed by atoms with Crippen molar-refractivity contribution in [3.05, 3.63) is 29.8 Å². The molecule has 112 valence electrons. The molecule has 1 heterocycles. The van der Waals surface area contributed by atoms with Crippen molar-refractivity contribution in [1.82, 2.24) is 5.32 Å². The third-order valence-corrected chi connectivity index (χ3v) is 3.58. The fourth-order valence-corrected chi connectivity index (χ4v) is 2.61. The zero-order valence-corrected chi connectivity index (χ0v) is 13.1. The zero-order valence-electron chi connectivity index (χ0n) is 13.1. The molecule has 2 atom stereocenters. The van der Waals surface area contributed by atoms with Crippen LogP contribution in [0, 0.1) is 5.92 Å². The largest absolute Gasteiger partial charge is 0.491 e.